The van der Waals surface area contributed by atoms with Crippen molar-refractivity contribution in [1.29, 1.82) is 0 Å². The van der Waals surface area contributed by atoms with Crippen LogP contribution >= 0.6 is 0 Å². The Kier molecular flexibility index (Phi) is 3.07. The molecule has 2 amide bonds. The van der Waals surface area contributed by atoms with E-state index in [9.17, 15) is 14.4 Å². The lowest BCUT2D eigenvalue weighted by atomic mass is 9.86. The van der Waals surface area contributed by atoms with Gasteiger partial charge in [-0.25, -0.2) is 0 Å². The van der Waals surface area contributed by atoms with Gasteiger partial charge in [-0.05, 0) is 18.1 Å². The standard InChI is InChI=1S/C13H14BNO3/c1-7(2)10(11(14)16)15-12(17)8-5-3-4-6-9(8)13(15)18/h3-7,10H,14H2,1-2H3. The minimum atomic E-state index is -0.683. The molecule has 0 fully saturated rings. The zero-order valence-corrected chi connectivity index (χ0v) is 10.6. The summed E-state index contributed by atoms with van der Waals surface area (Å²) < 4.78 is 0. The number of benzene rings is 1. The molecule has 1 unspecified atom stereocenters. The quantitative estimate of drug-likeness (QED) is 0.572. The summed E-state index contributed by atoms with van der Waals surface area (Å²) in [5.41, 5.74) is 0.600. The third-order valence-electron chi connectivity index (χ3n) is 3.15. The number of hydrogen-bond acceptors (Lipinski definition) is 3. The highest BCUT2D eigenvalue weighted by atomic mass is 16.2. The molecule has 2 rings (SSSR count). The molecule has 0 aliphatic carbocycles. The van der Waals surface area contributed by atoms with E-state index < -0.39 is 6.04 Å². The summed E-state index contributed by atoms with van der Waals surface area (Å²) in [5.74, 6) is -0.835. The number of nitrogens with zero attached hydrogens (tertiary/aromatic N) is 1. The van der Waals surface area contributed by atoms with Crippen LogP contribution in [0, 0.1) is 5.92 Å². The number of rotatable bonds is 3. The van der Waals surface area contributed by atoms with Gasteiger partial charge in [0.2, 0.25) is 0 Å². The molecule has 0 spiro atoms. The highest BCUT2D eigenvalue weighted by molar-refractivity contribution is 6.59. The van der Waals surface area contributed by atoms with Gasteiger partial charge in [-0.1, -0.05) is 26.0 Å². The number of amides is 2. The molecule has 92 valence electrons. The van der Waals surface area contributed by atoms with Crippen molar-refractivity contribution < 1.29 is 14.4 Å². The second-order valence-corrected chi connectivity index (χ2v) is 4.83. The Hall–Kier alpha value is -1.91. The minimum Gasteiger partial charge on any atom is -0.310 e. The average molecular weight is 243 g/mol. The lowest BCUT2D eigenvalue weighted by Gasteiger charge is -2.27. The Labute approximate surface area is 106 Å². The first kappa shape index (κ1) is 12.5. The Morgan fingerprint density at radius 2 is 1.56 bits per heavy atom. The third-order valence-corrected chi connectivity index (χ3v) is 3.15. The molecule has 0 radical (unpaired) electrons. The molecule has 5 heteroatoms. The summed E-state index contributed by atoms with van der Waals surface area (Å²) in [5, 5.41) is 0. The SMILES string of the molecule is BC(=O)C(C(C)C)N1C(=O)c2ccccc2C1=O. The van der Waals surface area contributed by atoms with Crippen LogP contribution in [0.5, 0.6) is 0 Å². The first-order valence-corrected chi connectivity index (χ1v) is 5.92. The predicted molar refractivity (Wildman–Crippen MR) is 69.1 cm³/mol. The predicted octanol–water partition coefficient (Wildman–Crippen LogP) is 0.467. The lowest BCUT2D eigenvalue weighted by Crippen LogP contribution is -2.48. The zero-order chi connectivity index (χ0) is 13.4. The van der Waals surface area contributed by atoms with Gasteiger partial charge in [-0.15, -0.1) is 0 Å². The van der Waals surface area contributed by atoms with Gasteiger partial charge < -0.3 is 4.79 Å². The van der Waals surface area contributed by atoms with Crippen LogP contribution < -0.4 is 0 Å². The largest absolute Gasteiger partial charge is 0.310 e. The second-order valence-electron chi connectivity index (χ2n) is 4.83. The molecule has 1 aliphatic heterocycles. The van der Waals surface area contributed by atoms with Gasteiger partial charge in [0, 0.05) is 0 Å². The number of fused-ring (bicyclic) bond motifs is 1. The van der Waals surface area contributed by atoms with E-state index in [1.54, 1.807) is 24.3 Å². The number of carbonyl (C=O) groups excluding carboxylic acids is 3. The summed E-state index contributed by atoms with van der Waals surface area (Å²) in [7, 11) is 1.41. The molecule has 0 saturated carbocycles. The number of imide groups is 1. The van der Waals surface area contributed by atoms with Crippen molar-refractivity contribution in [2.75, 3.05) is 0 Å². The van der Waals surface area contributed by atoms with Gasteiger partial charge in [0.05, 0.1) is 17.2 Å². The van der Waals surface area contributed by atoms with Gasteiger partial charge in [0.15, 0.2) is 7.85 Å². The molecule has 1 heterocycles. The van der Waals surface area contributed by atoms with Gasteiger partial charge >= 0.3 is 0 Å². The molecule has 0 N–H and O–H groups in total. The summed E-state index contributed by atoms with van der Waals surface area (Å²) in [6, 6.07) is 5.98. The summed E-state index contributed by atoms with van der Waals surface area (Å²) >= 11 is 0. The fraction of sp³-hybridized carbons (Fsp3) is 0.308. The first-order valence-electron chi connectivity index (χ1n) is 5.92. The van der Waals surface area contributed by atoms with Crippen molar-refractivity contribution >= 4 is 25.3 Å². The maximum absolute atomic E-state index is 12.2. The van der Waals surface area contributed by atoms with E-state index in [0.717, 1.165) is 4.90 Å². The number of carbonyl (C=O) groups is 3. The molecule has 18 heavy (non-hydrogen) atoms. The molecule has 0 bridgehead atoms. The topological polar surface area (TPSA) is 54.5 Å². The van der Waals surface area contributed by atoms with Crippen LogP contribution in [0.15, 0.2) is 24.3 Å². The summed E-state index contributed by atoms with van der Waals surface area (Å²) in [4.78, 5) is 37.2. The molecule has 4 nitrogen and oxygen atoms in total. The Morgan fingerprint density at radius 1 is 1.11 bits per heavy atom. The lowest BCUT2D eigenvalue weighted by molar-refractivity contribution is -0.116. The average Bonchev–Trinajstić information content (AvgIpc) is 2.55. The third kappa shape index (κ3) is 1.76. The van der Waals surface area contributed by atoms with Crippen LogP contribution in [-0.2, 0) is 4.79 Å². The monoisotopic (exact) mass is 243 g/mol. The smallest absolute Gasteiger partial charge is 0.262 e. The van der Waals surface area contributed by atoms with Gasteiger partial charge in [-0.3, -0.25) is 14.5 Å². The molecular weight excluding hydrogens is 229 g/mol. The van der Waals surface area contributed by atoms with E-state index in [1.807, 2.05) is 13.8 Å². The van der Waals surface area contributed by atoms with Crippen molar-refractivity contribution in [3.63, 3.8) is 0 Å². The van der Waals surface area contributed by atoms with Crippen LogP contribution in [0.25, 0.3) is 0 Å². The highest BCUT2D eigenvalue weighted by Gasteiger charge is 2.42. The van der Waals surface area contributed by atoms with E-state index in [1.165, 1.54) is 7.85 Å². The van der Waals surface area contributed by atoms with E-state index in [4.69, 9.17) is 0 Å². The molecule has 1 atom stereocenters. The fourth-order valence-electron chi connectivity index (χ4n) is 2.41. The minimum absolute atomic E-state index is 0.0929. The summed E-state index contributed by atoms with van der Waals surface area (Å²) in [6.07, 6.45) is 0. The van der Waals surface area contributed by atoms with Crippen LogP contribution in [0.3, 0.4) is 0 Å². The maximum atomic E-state index is 12.2. The highest BCUT2D eigenvalue weighted by Crippen LogP contribution is 2.26. The molecule has 0 saturated heterocycles. The van der Waals surface area contributed by atoms with E-state index >= 15 is 0 Å². The zero-order valence-electron chi connectivity index (χ0n) is 10.6. The molecule has 1 aromatic rings. The van der Waals surface area contributed by atoms with Crippen molar-refractivity contribution in [1.82, 2.24) is 4.90 Å². The Morgan fingerprint density at radius 3 is 1.89 bits per heavy atom. The van der Waals surface area contributed by atoms with Crippen molar-refractivity contribution in [3.05, 3.63) is 35.4 Å². The van der Waals surface area contributed by atoms with Crippen molar-refractivity contribution in [3.8, 4) is 0 Å². The Balaban J connectivity index is 2.47. The van der Waals surface area contributed by atoms with Crippen LogP contribution in [0.4, 0.5) is 0 Å². The van der Waals surface area contributed by atoms with Gasteiger partial charge in [-0.2, -0.15) is 0 Å². The van der Waals surface area contributed by atoms with Crippen molar-refractivity contribution in [2.24, 2.45) is 5.92 Å². The molecule has 1 aliphatic rings. The first-order chi connectivity index (χ1) is 8.45. The van der Waals surface area contributed by atoms with Crippen LogP contribution in [-0.4, -0.2) is 36.3 Å². The van der Waals surface area contributed by atoms with Gasteiger partial charge in [0.1, 0.15) is 5.68 Å². The van der Waals surface area contributed by atoms with E-state index in [2.05, 4.69) is 0 Å². The van der Waals surface area contributed by atoms with Gasteiger partial charge in [0.25, 0.3) is 11.8 Å². The molecular formula is C13H14BNO3. The normalized spacial score (nSPS) is 16.1. The van der Waals surface area contributed by atoms with E-state index in [0.29, 0.717) is 11.1 Å². The number of hydrogen-bond donors (Lipinski definition) is 0. The van der Waals surface area contributed by atoms with Crippen LogP contribution in [0.1, 0.15) is 34.6 Å². The summed E-state index contributed by atoms with van der Waals surface area (Å²) in [6.45, 7) is 3.66. The second kappa shape index (κ2) is 4.40. The molecule has 0 aromatic heterocycles. The van der Waals surface area contributed by atoms with E-state index in [-0.39, 0.29) is 23.4 Å². The van der Waals surface area contributed by atoms with Crippen LogP contribution in [0.2, 0.25) is 0 Å². The molecule has 1 aromatic carbocycles. The fourth-order valence-corrected chi connectivity index (χ4v) is 2.41. The van der Waals surface area contributed by atoms with Crippen molar-refractivity contribution in [2.45, 2.75) is 19.9 Å². The Bertz CT molecular complexity index is 504. The maximum Gasteiger partial charge on any atom is 0.262 e.